The Balaban J connectivity index is 3.76. The van der Waals surface area contributed by atoms with Crippen molar-refractivity contribution in [1.29, 1.82) is 0 Å². The van der Waals surface area contributed by atoms with Gasteiger partial charge >= 0.3 is 19.8 Å². The van der Waals surface area contributed by atoms with E-state index in [1.54, 1.807) is 0 Å². The molecule has 0 saturated heterocycles. The first-order valence-corrected chi connectivity index (χ1v) is 40.3. The van der Waals surface area contributed by atoms with Crippen LogP contribution in [0.3, 0.4) is 0 Å². The Labute approximate surface area is 542 Å². The highest BCUT2D eigenvalue weighted by Gasteiger charge is 2.26. The van der Waals surface area contributed by atoms with Crippen LogP contribution in [0.5, 0.6) is 0 Å². The van der Waals surface area contributed by atoms with Crippen molar-refractivity contribution in [2.75, 3.05) is 26.4 Å². The van der Waals surface area contributed by atoms with E-state index >= 15 is 0 Å². The maximum atomic E-state index is 12.8. The maximum Gasteiger partial charge on any atom is 0.472 e. The standard InChI is InChI=1S/C77H150NO8P/c1-3-5-7-9-11-13-15-17-19-21-23-25-27-29-31-33-35-37-39-41-43-45-47-49-51-53-55-57-59-61-63-65-67-69-76(79)83-73-75(74-85-87(81,82)84-72-71-78)86-77(80)70-68-66-64-62-60-58-56-54-52-50-48-46-44-42-40-38-36-34-32-30-28-26-24-22-20-18-16-14-12-10-8-6-4-2/h21-24,75H,3-20,25-74,78H2,1-2H3,(H,81,82)/b23-21-,24-22-. The van der Waals surface area contributed by atoms with Crippen molar-refractivity contribution >= 4 is 19.8 Å². The van der Waals surface area contributed by atoms with Crippen LogP contribution in [0.4, 0.5) is 0 Å². The molecule has 0 aromatic rings. The molecule has 0 aliphatic heterocycles. The quantitative estimate of drug-likeness (QED) is 0.0264. The summed E-state index contributed by atoms with van der Waals surface area (Å²) in [6.45, 7) is 3.83. The van der Waals surface area contributed by atoms with Gasteiger partial charge in [-0.25, -0.2) is 4.57 Å². The molecular weight excluding hydrogens is 1100 g/mol. The van der Waals surface area contributed by atoms with E-state index in [1.165, 1.54) is 360 Å². The number of ether oxygens (including phenoxy) is 2. The van der Waals surface area contributed by atoms with Gasteiger partial charge in [0, 0.05) is 19.4 Å². The first-order valence-electron chi connectivity index (χ1n) is 38.8. The van der Waals surface area contributed by atoms with Gasteiger partial charge in [0.2, 0.25) is 0 Å². The molecule has 0 fully saturated rings. The van der Waals surface area contributed by atoms with E-state index in [2.05, 4.69) is 38.2 Å². The molecule has 0 heterocycles. The average Bonchev–Trinajstić information content (AvgIpc) is 3.55. The summed E-state index contributed by atoms with van der Waals surface area (Å²) in [5, 5.41) is 0. The van der Waals surface area contributed by atoms with Gasteiger partial charge in [-0.05, 0) is 64.2 Å². The Bertz CT molecular complexity index is 1470. The number of phosphoric ester groups is 1. The summed E-state index contributed by atoms with van der Waals surface area (Å²) >= 11 is 0. The number of allylic oxidation sites excluding steroid dienone is 4. The zero-order valence-electron chi connectivity index (χ0n) is 58.3. The highest BCUT2D eigenvalue weighted by Crippen LogP contribution is 2.43. The number of hydrogen-bond acceptors (Lipinski definition) is 8. The highest BCUT2D eigenvalue weighted by molar-refractivity contribution is 7.47. The van der Waals surface area contributed by atoms with E-state index in [1.807, 2.05) is 0 Å². The van der Waals surface area contributed by atoms with Crippen LogP contribution in [0.1, 0.15) is 425 Å². The van der Waals surface area contributed by atoms with Crippen LogP contribution in [-0.2, 0) is 32.7 Å². The summed E-state index contributed by atoms with van der Waals surface area (Å²) < 4.78 is 33.3. The van der Waals surface area contributed by atoms with Crippen LogP contribution in [-0.4, -0.2) is 49.3 Å². The fourth-order valence-electron chi connectivity index (χ4n) is 12.0. The van der Waals surface area contributed by atoms with Crippen LogP contribution in [0, 0.1) is 0 Å². The molecule has 3 N–H and O–H groups in total. The lowest BCUT2D eigenvalue weighted by Crippen LogP contribution is -2.29. The Kier molecular flexibility index (Phi) is 72.3. The third kappa shape index (κ3) is 73.4. The molecule has 0 saturated carbocycles. The maximum absolute atomic E-state index is 12.8. The lowest BCUT2D eigenvalue weighted by molar-refractivity contribution is -0.161. The number of hydrogen-bond donors (Lipinski definition) is 2. The molecule has 0 rings (SSSR count). The lowest BCUT2D eigenvalue weighted by Gasteiger charge is -2.19. The SMILES string of the molecule is CCCCCCCCCC/C=C\CCCCCCCCCCCCCCCCCCCCCCCC(=O)OCC(COP(=O)(O)OCCN)OC(=O)CCCCCCCCCCCCCCCCCCCCCCC/C=C\CCCCCCCCCC. The van der Waals surface area contributed by atoms with E-state index in [0.717, 1.165) is 32.1 Å². The van der Waals surface area contributed by atoms with Gasteiger partial charge in [-0.1, -0.05) is 372 Å². The molecule has 0 aromatic heterocycles. The number of carbonyl (C=O) groups is 2. The van der Waals surface area contributed by atoms with Crippen LogP contribution >= 0.6 is 7.82 Å². The Morgan fingerprint density at radius 1 is 0.333 bits per heavy atom. The third-order valence-corrected chi connectivity index (χ3v) is 18.8. The van der Waals surface area contributed by atoms with E-state index in [9.17, 15) is 19.0 Å². The van der Waals surface area contributed by atoms with Crippen molar-refractivity contribution in [3.8, 4) is 0 Å². The predicted molar refractivity (Wildman–Crippen MR) is 377 cm³/mol. The molecule has 9 nitrogen and oxygen atoms in total. The molecule has 516 valence electrons. The highest BCUT2D eigenvalue weighted by atomic mass is 31.2. The molecule has 0 amide bonds. The van der Waals surface area contributed by atoms with Gasteiger partial charge in [-0.15, -0.1) is 0 Å². The zero-order valence-corrected chi connectivity index (χ0v) is 59.2. The zero-order chi connectivity index (χ0) is 63.0. The fourth-order valence-corrected chi connectivity index (χ4v) is 12.8. The van der Waals surface area contributed by atoms with Crippen molar-refractivity contribution in [3.63, 3.8) is 0 Å². The largest absolute Gasteiger partial charge is 0.472 e. The van der Waals surface area contributed by atoms with Gasteiger partial charge in [0.05, 0.1) is 13.2 Å². The summed E-state index contributed by atoms with van der Waals surface area (Å²) in [5.41, 5.74) is 5.41. The van der Waals surface area contributed by atoms with Crippen molar-refractivity contribution in [1.82, 2.24) is 0 Å². The third-order valence-electron chi connectivity index (χ3n) is 17.8. The molecule has 87 heavy (non-hydrogen) atoms. The van der Waals surface area contributed by atoms with Gasteiger partial charge < -0.3 is 20.1 Å². The van der Waals surface area contributed by atoms with Gasteiger partial charge in [-0.3, -0.25) is 18.6 Å². The van der Waals surface area contributed by atoms with Crippen molar-refractivity contribution in [2.24, 2.45) is 5.73 Å². The van der Waals surface area contributed by atoms with E-state index < -0.39 is 26.5 Å². The van der Waals surface area contributed by atoms with Gasteiger partial charge in [-0.2, -0.15) is 0 Å². The smallest absolute Gasteiger partial charge is 0.462 e. The van der Waals surface area contributed by atoms with Gasteiger partial charge in [0.15, 0.2) is 6.10 Å². The second kappa shape index (κ2) is 73.5. The van der Waals surface area contributed by atoms with E-state index in [4.69, 9.17) is 24.3 Å². The number of rotatable bonds is 75. The Hall–Kier alpha value is -1.51. The van der Waals surface area contributed by atoms with Crippen molar-refractivity contribution in [3.05, 3.63) is 24.3 Å². The Morgan fingerprint density at radius 3 is 0.816 bits per heavy atom. The molecule has 0 spiro atoms. The van der Waals surface area contributed by atoms with Crippen LogP contribution in [0.25, 0.3) is 0 Å². The summed E-state index contributed by atoms with van der Waals surface area (Å²) in [7, 11) is -4.39. The molecule has 0 bridgehead atoms. The lowest BCUT2D eigenvalue weighted by atomic mass is 10.0. The number of esters is 2. The van der Waals surface area contributed by atoms with E-state index in [-0.39, 0.29) is 38.6 Å². The van der Waals surface area contributed by atoms with Gasteiger partial charge in [0.1, 0.15) is 6.61 Å². The van der Waals surface area contributed by atoms with Gasteiger partial charge in [0.25, 0.3) is 0 Å². The molecular formula is C77H150NO8P. The Morgan fingerprint density at radius 2 is 0.563 bits per heavy atom. The first kappa shape index (κ1) is 85.5. The molecule has 2 atom stereocenters. The number of unbranched alkanes of at least 4 members (excludes halogenated alkanes) is 58. The van der Waals surface area contributed by atoms with Crippen LogP contribution in [0.2, 0.25) is 0 Å². The molecule has 0 aliphatic rings. The van der Waals surface area contributed by atoms with Crippen LogP contribution in [0.15, 0.2) is 24.3 Å². The minimum Gasteiger partial charge on any atom is -0.462 e. The molecule has 2 unspecified atom stereocenters. The summed E-state index contributed by atoms with van der Waals surface area (Å²) in [6, 6.07) is 0. The molecule has 0 radical (unpaired) electrons. The van der Waals surface area contributed by atoms with E-state index in [0.29, 0.717) is 6.42 Å². The second-order valence-electron chi connectivity index (χ2n) is 26.6. The van der Waals surface area contributed by atoms with Crippen LogP contribution < -0.4 is 5.73 Å². The monoisotopic (exact) mass is 1250 g/mol. The fraction of sp³-hybridized carbons (Fsp3) is 0.922. The predicted octanol–water partition coefficient (Wildman–Crippen LogP) is 25.7. The first-order chi connectivity index (χ1) is 42.8. The molecule has 0 aromatic carbocycles. The summed E-state index contributed by atoms with van der Waals surface area (Å²) in [4.78, 5) is 35.4. The summed E-state index contributed by atoms with van der Waals surface area (Å²) in [5.74, 6) is -0.799. The number of carbonyl (C=O) groups excluding carboxylic acids is 2. The van der Waals surface area contributed by atoms with Crippen molar-refractivity contribution < 1.29 is 37.6 Å². The normalized spacial score (nSPS) is 12.9. The number of phosphoric acid groups is 1. The minimum absolute atomic E-state index is 0.0572. The number of nitrogens with two attached hydrogens (primary N) is 1. The van der Waals surface area contributed by atoms with Crippen molar-refractivity contribution in [2.45, 2.75) is 431 Å². The summed E-state index contributed by atoms with van der Waals surface area (Å²) in [6.07, 6.45) is 91.7. The second-order valence-corrected chi connectivity index (χ2v) is 28.0. The average molecular weight is 1250 g/mol. The molecule has 10 heteroatoms. The molecule has 0 aliphatic carbocycles. The minimum atomic E-state index is -4.39. The topological polar surface area (TPSA) is 134 Å².